The highest BCUT2D eigenvalue weighted by Gasteiger charge is 2.44. The first-order valence-corrected chi connectivity index (χ1v) is 11.3. The van der Waals surface area contributed by atoms with Crippen LogP contribution < -0.4 is 5.32 Å². The van der Waals surface area contributed by atoms with Gasteiger partial charge in [0.05, 0.1) is 0 Å². The van der Waals surface area contributed by atoms with Crippen LogP contribution in [0, 0.1) is 11.8 Å². The molecule has 0 spiro atoms. The minimum absolute atomic E-state index is 0.0114. The Labute approximate surface area is 190 Å². The van der Waals surface area contributed by atoms with Crippen molar-refractivity contribution in [3.8, 4) is 0 Å². The van der Waals surface area contributed by atoms with Gasteiger partial charge in [0.25, 0.3) is 5.79 Å². The van der Waals surface area contributed by atoms with E-state index in [1.54, 1.807) is 6.92 Å². The molecular formula is C25H35NO6. The second-order valence-corrected chi connectivity index (χ2v) is 8.90. The first-order chi connectivity index (χ1) is 15.0. The van der Waals surface area contributed by atoms with Gasteiger partial charge < -0.3 is 14.8 Å². The second-order valence-electron chi connectivity index (χ2n) is 8.90. The van der Waals surface area contributed by atoms with Crippen molar-refractivity contribution in [1.29, 1.82) is 0 Å². The SMILES string of the molecule is CC(=O)NC(C)C(CCc1ccccc1C(=O)C1CCC(C)CC1)(OC(C)=O)OC(C)=O. The largest absolute Gasteiger partial charge is 0.420 e. The van der Waals surface area contributed by atoms with Crippen molar-refractivity contribution in [2.24, 2.45) is 11.8 Å². The van der Waals surface area contributed by atoms with Crippen LogP contribution in [0.25, 0.3) is 0 Å². The first-order valence-electron chi connectivity index (χ1n) is 11.3. The van der Waals surface area contributed by atoms with Crippen LogP contribution in [0.4, 0.5) is 0 Å². The third kappa shape index (κ3) is 6.90. The van der Waals surface area contributed by atoms with Gasteiger partial charge in [0.15, 0.2) is 5.78 Å². The first kappa shape index (κ1) is 25.6. The fourth-order valence-corrected chi connectivity index (χ4v) is 4.45. The maximum Gasteiger partial charge on any atom is 0.305 e. The van der Waals surface area contributed by atoms with E-state index in [4.69, 9.17) is 9.47 Å². The van der Waals surface area contributed by atoms with E-state index in [2.05, 4.69) is 12.2 Å². The van der Waals surface area contributed by atoms with Gasteiger partial charge in [-0.1, -0.05) is 44.0 Å². The predicted octanol–water partition coefficient (Wildman–Crippen LogP) is 3.98. The molecule has 1 aliphatic rings. The van der Waals surface area contributed by atoms with Gasteiger partial charge in [0, 0.05) is 38.7 Å². The highest BCUT2D eigenvalue weighted by Crippen LogP contribution is 2.32. The number of Topliss-reactive ketones (excluding diaryl/α,β-unsaturated/α-hetero) is 1. The van der Waals surface area contributed by atoms with E-state index >= 15 is 0 Å². The smallest absolute Gasteiger partial charge is 0.305 e. The second kappa shape index (κ2) is 11.2. The Balaban J connectivity index is 2.30. The normalized spacial score (nSPS) is 19.5. The summed E-state index contributed by atoms with van der Waals surface area (Å²) < 4.78 is 11.0. The summed E-state index contributed by atoms with van der Waals surface area (Å²) in [6.45, 7) is 7.62. The lowest BCUT2D eigenvalue weighted by molar-refractivity contribution is -0.238. The van der Waals surface area contributed by atoms with Crippen LogP contribution in [-0.2, 0) is 30.3 Å². The summed E-state index contributed by atoms with van der Waals surface area (Å²) in [5.74, 6) is -2.50. The number of benzene rings is 1. The summed E-state index contributed by atoms with van der Waals surface area (Å²) in [7, 11) is 0. The van der Waals surface area contributed by atoms with E-state index < -0.39 is 23.8 Å². The lowest BCUT2D eigenvalue weighted by Gasteiger charge is -2.37. The van der Waals surface area contributed by atoms with Crippen molar-refractivity contribution in [3.63, 3.8) is 0 Å². The van der Waals surface area contributed by atoms with Crippen LogP contribution >= 0.6 is 0 Å². The molecule has 1 fully saturated rings. The molecule has 32 heavy (non-hydrogen) atoms. The third-order valence-corrected chi connectivity index (χ3v) is 6.12. The molecule has 1 atom stereocenters. The third-order valence-electron chi connectivity index (χ3n) is 6.12. The molecule has 0 radical (unpaired) electrons. The number of aryl methyl sites for hydroxylation is 1. The van der Waals surface area contributed by atoms with Crippen LogP contribution in [0.2, 0.25) is 0 Å². The molecule has 2 rings (SSSR count). The minimum Gasteiger partial charge on any atom is -0.420 e. The number of nitrogens with one attached hydrogen (secondary N) is 1. The van der Waals surface area contributed by atoms with Crippen molar-refractivity contribution in [1.82, 2.24) is 5.32 Å². The van der Waals surface area contributed by atoms with Gasteiger partial charge in [-0.2, -0.15) is 0 Å². The number of hydrogen-bond acceptors (Lipinski definition) is 6. The Morgan fingerprint density at radius 3 is 2.09 bits per heavy atom. The van der Waals surface area contributed by atoms with E-state index in [1.165, 1.54) is 20.8 Å². The Kier molecular flexibility index (Phi) is 8.99. The zero-order valence-corrected chi connectivity index (χ0v) is 19.7. The maximum absolute atomic E-state index is 13.3. The Bertz CT molecular complexity index is 825. The van der Waals surface area contributed by atoms with Crippen molar-refractivity contribution in [2.75, 3.05) is 0 Å². The van der Waals surface area contributed by atoms with Crippen LogP contribution in [0.5, 0.6) is 0 Å². The van der Waals surface area contributed by atoms with Crippen LogP contribution in [0.15, 0.2) is 24.3 Å². The highest BCUT2D eigenvalue weighted by atomic mass is 16.7. The Morgan fingerprint density at radius 2 is 1.56 bits per heavy atom. The molecule has 0 heterocycles. The van der Waals surface area contributed by atoms with E-state index in [1.807, 2.05) is 24.3 Å². The number of carbonyl (C=O) groups is 4. The summed E-state index contributed by atoms with van der Waals surface area (Å²) in [4.78, 5) is 48.7. The molecule has 1 unspecified atom stereocenters. The zero-order valence-electron chi connectivity index (χ0n) is 19.7. The number of hydrogen-bond donors (Lipinski definition) is 1. The minimum atomic E-state index is -1.68. The summed E-state index contributed by atoms with van der Waals surface area (Å²) >= 11 is 0. The van der Waals surface area contributed by atoms with Crippen LogP contribution in [0.3, 0.4) is 0 Å². The molecular weight excluding hydrogens is 410 g/mol. The molecule has 1 amide bonds. The van der Waals surface area contributed by atoms with Gasteiger partial charge in [-0.3, -0.25) is 19.2 Å². The lowest BCUT2D eigenvalue weighted by Crippen LogP contribution is -2.55. The molecule has 0 aromatic heterocycles. The summed E-state index contributed by atoms with van der Waals surface area (Å²) in [6.07, 6.45) is 4.30. The predicted molar refractivity (Wildman–Crippen MR) is 120 cm³/mol. The van der Waals surface area contributed by atoms with E-state index in [0.29, 0.717) is 17.9 Å². The van der Waals surface area contributed by atoms with Gasteiger partial charge >= 0.3 is 11.9 Å². The summed E-state index contributed by atoms with van der Waals surface area (Å²) in [5.41, 5.74) is 1.45. The molecule has 1 N–H and O–H groups in total. The van der Waals surface area contributed by atoms with E-state index in [-0.39, 0.29) is 24.0 Å². The Hall–Kier alpha value is -2.70. The number of carbonyl (C=O) groups excluding carboxylic acids is 4. The molecule has 0 aliphatic heterocycles. The molecule has 176 valence electrons. The molecule has 1 saturated carbocycles. The molecule has 7 heteroatoms. The van der Waals surface area contributed by atoms with Gasteiger partial charge in [-0.05, 0) is 37.7 Å². The van der Waals surface area contributed by atoms with Crippen molar-refractivity contribution in [2.45, 2.75) is 85.0 Å². The number of rotatable bonds is 9. The lowest BCUT2D eigenvalue weighted by atomic mass is 9.78. The van der Waals surface area contributed by atoms with Gasteiger partial charge in [-0.25, -0.2) is 0 Å². The molecule has 7 nitrogen and oxygen atoms in total. The fourth-order valence-electron chi connectivity index (χ4n) is 4.45. The van der Waals surface area contributed by atoms with Crippen molar-refractivity contribution in [3.05, 3.63) is 35.4 Å². The average molecular weight is 446 g/mol. The van der Waals surface area contributed by atoms with Crippen LogP contribution in [0.1, 0.15) is 82.6 Å². The maximum atomic E-state index is 13.3. The molecule has 1 aromatic carbocycles. The average Bonchev–Trinajstić information content (AvgIpc) is 2.71. The molecule has 1 aliphatic carbocycles. The number of amides is 1. The van der Waals surface area contributed by atoms with E-state index in [9.17, 15) is 19.2 Å². The summed E-state index contributed by atoms with van der Waals surface area (Å²) in [5, 5.41) is 2.66. The molecule has 1 aromatic rings. The van der Waals surface area contributed by atoms with Gasteiger partial charge in [0.1, 0.15) is 6.04 Å². The van der Waals surface area contributed by atoms with Gasteiger partial charge in [-0.15, -0.1) is 0 Å². The van der Waals surface area contributed by atoms with Crippen molar-refractivity contribution >= 4 is 23.6 Å². The molecule has 0 bridgehead atoms. The Morgan fingerprint density at radius 1 is 1.00 bits per heavy atom. The monoisotopic (exact) mass is 445 g/mol. The number of esters is 2. The highest BCUT2D eigenvalue weighted by molar-refractivity contribution is 5.99. The number of ether oxygens (including phenoxy) is 2. The summed E-state index contributed by atoms with van der Waals surface area (Å²) in [6, 6.07) is 6.61. The number of ketones is 1. The quantitative estimate of drug-likeness (QED) is 0.351. The topological polar surface area (TPSA) is 98.8 Å². The van der Waals surface area contributed by atoms with Crippen molar-refractivity contribution < 1.29 is 28.7 Å². The van der Waals surface area contributed by atoms with Gasteiger partial charge in [0.2, 0.25) is 5.91 Å². The van der Waals surface area contributed by atoms with E-state index in [0.717, 1.165) is 31.2 Å². The fraction of sp³-hybridized carbons (Fsp3) is 0.600. The zero-order chi connectivity index (χ0) is 23.9. The standard InChI is InChI=1S/C25H35NO6/c1-16-10-12-22(13-11-16)24(30)23-9-7-6-8-21(23)14-15-25(31-19(4)28,32-20(5)29)17(2)26-18(3)27/h6-9,16-17,22H,10-15H2,1-5H3,(H,26,27). The van der Waals surface area contributed by atoms with Crippen LogP contribution in [-0.4, -0.2) is 35.5 Å². The molecule has 0 saturated heterocycles.